The SMILES string of the molecule is Cc1cccc(CSCC(=O)Nc2ccccc2S(=O)(=O)C(F)F)c1. The number of aryl methyl sites for hydroxylation is 1. The second-order valence-corrected chi connectivity index (χ2v) is 8.20. The van der Waals surface area contributed by atoms with Crippen LogP contribution in [0.5, 0.6) is 0 Å². The van der Waals surface area contributed by atoms with Gasteiger partial charge in [0.15, 0.2) is 0 Å². The Balaban J connectivity index is 1.99. The Labute approximate surface area is 149 Å². The molecular formula is C17H17F2NO3S2. The third kappa shape index (κ3) is 5.27. The molecule has 0 fully saturated rings. The average molecular weight is 385 g/mol. The minimum Gasteiger partial charge on any atom is -0.324 e. The van der Waals surface area contributed by atoms with Crippen LogP contribution in [0.25, 0.3) is 0 Å². The number of thioether (sulfide) groups is 1. The summed E-state index contributed by atoms with van der Waals surface area (Å²) in [5, 5.41) is 2.40. The lowest BCUT2D eigenvalue weighted by atomic mass is 10.2. The highest BCUT2D eigenvalue weighted by molar-refractivity contribution is 7.99. The third-order valence-electron chi connectivity index (χ3n) is 3.29. The number of anilines is 1. The van der Waals surface area contributed by atoms with Gasteiger partial charge in [-0.3, -0.25) is 4.79 Å². The van der Waals surface area contributed by atoms with Gasteiger partial charge in [0.05, 0.1) is 16.3 Å². The monoisotopic (exact) mass is 385 g/mol. The molecule has 2 aromatic carbocycles. The number of hydrogen-bond donors (Lipinski definition) is 1. The van der Waals surface area contributed by atoms with Gasteiger partial charge < -0.3 is 5.32 Å². The lowest BCUT2D eigenvalue weighted by molar-refractivity contribution is -0.113. The fourth-order valence-electron chi connectivity index (χ4n) is 2.16. The Kier molecular flexibility index (Phi) is 6.55. The fourth-order valence-corrected chi connectivity index (χ4v) is 3.82. The number of halogens is 2. The fraction of sp³-hybridized carbons (Fsp3) is 0.235. The van der Waals surface area contributed by atoms with Crippen LogP contribution in [0, 0.1) is 6.92 Å². The summed E-state index contributed by atoms with van der Waals surface area (Å²) in [6.07, 6.45) is 0. The first-order chi connectivity index (χ1) is 11.8. The standard InChI is InChI=1S/C17H17F2NO3S2/c1-12-5-4-6-13(9-12)10-24-11-16(21)20-14-7-2-3-8-15(14)25(22,23)17(18)19/h2-9,17H,10-11H2,1H3,(H,20,21). The quantitative estimate of drug-likeness (QED) is 0.786. The van der Waals surface area contributed by atoms with E-state index >= 15 is 0 Å². The molecule has 0 aliphatic carbocycles. The van der Waals surface area contributed by atoms with E-state index in [0.717, 1.165) is 17.2 Å². The van der Waals surface area contributed by atoms with Crippen LogP contribution in [-0.2, 0) is 20.4 Å². The summed E-state index contributed by atoms with van der Waals surface area (Å²) in [4.78, 5) is 11.4. The van der Waals surface area contributed by atoms with Gasteiger partial charge in [-0.15, -0.1) is 11.8 Å². The zero-order chi connectivity index (χ0) is 18.4. The second-order valence-electron chi connectivity index (χ2n) is 5.33. The van der Waals surface area contributed by atoms with Crippen molar-refractivity contribution in [3.05, 3.63) is 59.7 Å². The Hall–Kier alpha value is -1.93. The van der Waals surface area contributed by atoms with Crippen LogP contribution in [0.3, 0.4) is 0 Å². The van der Waals surface area contributed by atoms with Crippen molar-refractivity contribution in [3.8, 4) is 0 Å². The van der Waals surface area contributed by atoms with Gasteiger partial charge in [0.2, 0.25) is 15.7 Å². The van der Waals surface area contributed by atoms with Gasteiger partial charge in [-0.05, 0) is 24.6 Å². The summed E-state index contributed by atoms with van der Waals surface area (Å²) in [5.41, 5.74) is 2.05. The molecule has 2 aromatic rings. The van der Waals surface area contributed by atoms with Gasteiger partial charge in [-0.2, -0.15) is 8.78 Å². The van der Waals surface area contributed by atoms with Crippen molar-refractivity contribution in [2.45, 2.75) is 23.3 Å². The summed E-state index contributed by atoms with van der Waals surface area (Å²) in [5.74, 6) is -3.29. The van der Waals surface area contributed by atoms with Gasteiger partial charge >= 0.3 is 5.76 Å². The summed E-state index contributed by atoms with van der Waals surface area (Å²) >= 11 is 1.35. The predicted octanol–water partition coefficient (Wildman–Crippen LogP) is 3.86. The predicted molar refractivity (Wildman–Crippen MR) is 95.6 cm³/mol. The van der Waals surface area contributed by atoms with Crippen molar-refractivity contribution in [1.29, 1.82) is 0 Å². The number of para-hydroxylation sites is 1. The van der Waals surface area contributed by atoms with Crippen LogP contribution < -0.4 is 5.32 Å². The Morgan fingerprint density at radius 2 is 1.88 bits per heavy atom. The second kappa shape index (κ2) is 8.44. The number of hydrogen-bond acceptors (Lipinski definition) is 4. The van der Waals surface area contributed by atoms with Gasteiger partial charge in [0, 0.05) is 5.75 Å². The number of nitrogens with one attached hydrogen (secondary N) is 1. The van der Waals surface area contributed by atoms with E-state index in [4.69, 9.17) is 0 Å². The topological polar surface area (TPSA) is 63.2 Å². The van der Waals surface area contributed by atoms with Crippen molar-refractivity contribution >= 4 is 33.2 Å². The maximum Gasteiger partial charge on any atom is 0.341 e. The van der Waals surface area contributed by atoms with Gasteiger partial charge in [0.25, 0.3) is 0 Å². The number of sulfone groups is 1. The number of carbonyl (C=O) groups is 1. The molecule has 0 atom stereocenters. The van der Waals surface area contributed by atoms with Crippen molar-refractivity contribution in [3.63, 3.8) is 0 Å². The Morgan fingerprint density at radius 1 is 1.16 bits per heavy atom. The van der Waals surface area contributed by atoms with E-state index in [1.807, 2.05) is 31.2 Å². The van der Waals surface area contributed by atoms with Gasteiger partial charge in [0.1, 0.15) is 0 Å². The third-order valence-corrected chi connectivity index (χ3v) is 5.73. The molecule has 0 spiro atoms. The average Bonchev–Trinajstić information content (AvgIpc) is 2.55. The lowest BCUT2D eigenvalue weighted by Crippen LogP contribution is -2.19. The van der Waals surface area contributed by atoms with E-state index in [-0.39, 0.29) is 11.4 Å². The van der Waals surface area contributed by atoms with Crippen LogP contribution in [0.2, 0.25) is 0 Å². The van der Waals surface area contributed by atoms with Crippen LogP contribution in [-0.4, -0.2) is 25.8 Å². The van der Waals surface area contributed by atoms with E-state index < -0.39 is 26.4 Å². The molecule has 134 valence electrons. The lowest BCUT2D eigenvalue weighted by Gasteiger charge is -2.11. The number of alkyl halides is 2. The molecule has 0 aliphatic rings. The number of benzene rings is 2. The van der Waals surface area contributed by atoms with Crippen LogP contribution in [0.1, 0.15) is 11.1 Å². The van der Waals surface area contributed by atoms with E-state index in [1.165, 1.54) is 30.0 Å². The zero-order valence-electron chi connectivity index (χ0n) is 13.4. The molecule has 1 N–H and O–H groups in total. The molecule has 1 amide bonds. The minimum absolute atomic E-state index is 0.0804. The van der Waals surface area contributed by atoms with Crippen molar-refractivity contribution in [2.75, 3.05) is 11.1 Å². The molecule has 0 heterocycles. The summed E-state index contributed by atoms with van der Waals surface area (Å²) in [7, 11) is -4.78. The minimum atomic E-state index is -4.78. The van der Waals surface area contributed by atoms with Crippen LogP contribution >= 0.6 is 11.8 Å². The van der Waals surface area contributed by atoms with Crippen molar-refractivity contribution < 1.29 is 22.0 Å². The van der Waals surface area contributed by atoms with Crippen LogP contribution in [0.15, 0.2) is 53.4 Å². The molecule has 0 unspecified atom stereocenters. The zero-order valence-corrected chi connectivity index (χ0v) is 15.0. The molecule has 2 rings (SSSR count). The van der Waals surface area contributed by atoms with E-state index in [9.17, 15) is 22.0 Å². The van der Waals surface area contributed by atoms with Crippen molar-refractivity contribution in [2.24, 2.45) is 0 Å². The van der Waals surface area contributed by atoms with Crippen LogP contribution in [0.4, 0.5) is 14.5 Å². The first-order valence-electron chi connectivity index (χ1n) is 7.35. The van der Waals surface area contributed by atoms with Gasteiger partial charge in [-0.1, -0.05) is 42.0 Å². The molecule has 8 heteroatoms. The number of amides is 1. The molecular weight excluding hydrogens is 368 g/mol. The first kappa shape index (κ1) is 19.4. The Morgan fingerprint density at radius 3 is 2.56 bits per heavy atom. The van der Waals surface area contributed by atoms with E-state index in [2.05, 4.69) is 5.32 Å². The summed E-state index contributed by atoms with van der Waals surface area (Å²) < 4.78 is 48.8. The molecule has 4 nitrogen and oxygen atoms in total. The number of carbonyl (C=O) groups excluding carboxylic acids is 1. The van der Waals surface area contributed by atoms with E-state index in [1.54, 1.807) is 0 Å². The molecule has 0 aliphatic heterocycles. The normalized spacial score (nSPS) is 11.5. The van der Waals surface area contributed by atoms with E-state index in [0.29, 0.717) is 5.75 Å². The highest BCUT2D eigenvalue weighted by atomic mass is 32.2. The maximum absolute atomic E-state index is 12.7. The van der Waals surface area contributed by atoms with Crippen molar-refractivity contribution in [1.82, 2.24) is 0 Å². The molecule has 0 radical (unpaired) electrons. The van der Waals surface area contributed by atoms with Gasteiger partial charge in [-0.25, -0.2) is 8.42 Å². The summed E-state index contributed by atoms with van der Waals surface area (Å²) in [6, 6.07) is 13.0. The molecule has 25 heavy (non-hydrogen) atoms. The molecule has 0 bridgehead atoms. The summed E-state index contributed by atoms with van der Waals surface area (Å²) in [6.45, 7) is 1.97. The molecule has 0 saturated carbocycles. The smallest absolute Gasteiger partial charge is 0.324 e. The molecule has 0 aromatic heterocycles. The first-order valence-corrected chi connectivity index (χ1v) is 10.0. The largest absolute Gasteiger partial charge is 0.341 e. The number of rotatable bonds is 7. The highest BCUT2D eigenvalue weighted by Crippen LogP contribution is 2.26. The maximum atomic E-state index is 12.7. The highest BCUT2D eigenvalue weighted by Gasteiger charge is 2.29. The Bertz CT molecular complexity index is 854. The molecule has 0 saturated heterocycles.